The summed E-state index contributed by atoms with van der Waals surface area (Å²) in [5.74, 6) is 1.92. The summed E-state index contributed by atoms with van der Waals surface area (Å²) in [6.07, 6.45) is 3.03. The van der Waals surface area contributed by atoms with Crippen molar-refractivity contribution >= 4 is 5.91 Å². The number of nitrogens with one attached hydrogen (secondary N) is 1. The van der Waals surface area contributed by atoms with E-state index in [1.54, 1.807) is 6.92 Å². The van der Waals surface area contributed by atoms with Crippen LogP contribution in [-0.4, -0.2) is 50.7 Å². The number of aromatic nitrogens is 3. The molecule has 1 fully saturated rings. The predicted octanol–water partition coefficient (Wildman–Crippen LogP) is 2.42. The zero-order valence-electron chi connectivity index (χ0n) is 16.9. The van der Waals surface area contributed by atoms with Crippen LogP contribution in [0.25, 0.3) is 0 Å². The molecular formula is C21H31N5O. The number of benzene rings is 1. The predicted molar refractivity (Wildman–Crippen MR) is 107 cm³/mol. The number of rotatable bonds is 6. The number of amides is 1. The molecule has 0 saturated carbocycles. The van der Waals surface area contributed by atoms with Gasteiger partial charge >= 0.3 is 0 Å². The molecule has 1 amide bonds. The van der Waals surface area contributed by atoms with E-state index in [9.17, 15) is 4.79 Å². The molecule has 0 bridgehead atoms. The number of likely N-dealkylation sites (tertiary alicyclic amines) is 1. The first-order valence-corrected chi connectivity index (χ1v) is 9.88. The summed E-state index contributed by atoms with van der Waals surface area (Å²) in [5.41, 5.74) is 2.56. The Morgan fingerprint density at radius 1 is 1.30 bits per heavy atom. The molecule has 6 nitrogen and oxygen atoms in total. The average Bonchev–Trinajstić information content (AvgIpc) is 2.93. The van der Waals surface area contributed by atoms with Crippen LogP contribution in [0.15, 0.2) is 24.3 Å². The number of hydrogen-bond acceptors (Lipinski definition) is 4. The molecule has 27 heavy (non-hydrogen) atoms. The lowest BCUT2D eigenvalue weighted by molar-refractivity contribution is -0.133. The van der Waals surface area contributed by atoms with Crippen LogP contribution in [0, 0.1) is 20.8 Å². The first-order chi connectivity index (χ1) is 12.9. The second kappa shape index (κ2) is 8.65. The molecule has 1 aromatic heterocycles. The SMILES string of the molecule is CC(=O)N1CCC[C@H](NCCn2nc(C)nc2C)[C@@H]1Cc1cccc(C)c1. The van der Waals surface area contributed by atoms with Gasteiger partial charge in [0.15, 0.2) is 0 Å². The molecule has 1 aliphatic heterocycles. The van der Waals surface area contributed by atoms with E-state index in [2.05, 4.69) is 46.6 Å². The number of carbonyl (C=O) groups excluding carboxylic acids is 1. The summed E-state index contributed by atoms with van der Waals surface area (Å²) < 4.78 is 1.95. The van der Waals surface area contributed by atoms with E-state index < -0.39 is 0 Å². The van der Waals surface area contributed by atoms with Crippen molar-refractivity contribution in [1.82, 2.24) is 25.0 Å². The van der Waals surface area contributed by atoms with Gasteiger partial charge in [-0.15, -0.1) is 0 Å². The fraction of sp³-hybridized carbons (Fsp3) is 0.571. The van der Waals surface area contributed by atoms with Gasteiger partial charge in [0.05, 0.1) is 12.6 Å². The minimum absolute atomic E-state index is 0.168. The lowest BCUT2D eigenvalue weighted by atomic mass is 9.90. The summed E-state index contributed by atoms with van der Waals surface area (Å²) in [7, 11) is 0. The molecule has 146 valence electrons. The highest BCUT2D eigenvalue weighted by Gasteiger charge is 2.32. The highest BCUT2D eigenvalue weighted by atomic mass is 16.2. The third-order valence-electron chi connectivity index (χ3n) is 5.40. The molecule has 0 radical (unpaired) electrons. The highest BCUT2D eigenvalue weighted by molar-refractivity contribution is 5.73. The molecule has 0 spiro atoms. The summed E-state index contributed by atoms with van der Waals surface area (Å²) in [6.45, 7) is 10.2. The standard InChI is InChI=1S/C21H31N5O/c1-15-7-5-8-19(13-15)14-21-20(9-6-11-25(21)18(4)27)22-10-12-26-17(3)23-16(2)24-26/h5,7-8,13,20-22H,6,9-12,14H2,1-4H3/t20-,21-/m0/s1. The zero-order chi connectivity index (χ0) is 19.4. The van der Waals surface area contributed by atoms with Crippen LogP contribution in [0.5, 0.6) is 0 Å². The smallest absolute Gasteiger partial charge is 0.219 e. The lowest BCUT2D eigenvalue weighted by Gasteiger charge is -2.41. The van der Waals surface area contributed by atoms with E-state index in [1.165, 1.54) is 11.1 Å². The molecule has 2 aromatic rings. The summed E-state index contributed by atoms with van der Waals surface area (Å²) >= 11 is 0. The normalized spacial score (nSPS) is 20.1. The van der Waals surface area contributed by atoms with Crippen LogP contribution in [0.2, 0.25) is 0 Å². The molecular weight excluding hydrogens is 338 g/mol. The summed E-state index contributed by atoms with van der Waals surface area (Å²) in [4.78, 5) is 18.6. The van der Waals surface area contributed by atoms with Gasteiger partial charge in [0.1, 0.15) is 11.6 Å². The van der Waals surface area contributed by atoms with Crippen molar-refractivity contribution in [3.8, 4) is 0 Å². The van der Waals surface area contributed by atoms with Crippen molar-refractivity contribution in [2.45, 2.75) is 65.6 Å². The average molecular weight is 370 g/mol. The topological polar surface area (TPSA) is 63.1 Å². The fourth-order valence-electron chi connectivity index (χ4n) is 4.15. The van der Waals surface area contributed by atoms with E-state index in [0.717, 1.165) is 50.5 Å². The molecule has 0 unspecified atom stereocenters. The van der Waals surface area contributed by atoms with Gasteiger partial charge in [-0.1, -0.05) is 29.8 Å². The lowest BCUT2D eigenvalue weighted by Crippen LogP contribution is -2.56. The van der Waals surface area contributed by atoms with Gasteiger partial charge in [-0.25, -0.2) is 9.67 Å². The molecule has 1 saturated heterocycles. The van der Waals surface area contributed by atoms with Crippen LogP contribution in [0.1, 0.15) is 42.5 Å². The van der Waals surface area contributed by atoms with Gasteiger partial charge < -0.3 is 10.2 Å². The Hall–Kier alpha value is -2.21. The Morgan fingerprint density at radius 2 is 2.11 bits per heavy atom. The number of carbonyl (C=O) groups is 1. The monoisotopic (exact) mass is 369 g/mol. The van der Waals surface area contributed by atoms with Gasteiger partial charge in [0.2, 0.25) is 5.91 Å². The fourth-order valence-corrected chi connectivity index (χ4v) is 4.15. The van der Waals surface area contributed by atoms with E-state index in [-0.39, 0.29) is 11.9 Å². The Morgan fingerprint density at radius 3 is 2.78 bits per heavy atom. The van der Waals surface area contributed by atoms with Crippen LogP contribution in [-0.2, 0) is 17.8 Å². The summed E-state index contributed by atoms with van der Waals surface area (Å²) in [6, 6.07) is 9.10. The maximum Gasteiger partial charge on any atom is 0.219 e. The van der Waals surface area contributed by atoms with Gasteiger partial charge in [-0.2, -0.15) is 5.10 Å². The first-order valence-electron chi connectivity index (χ1n) is 9.88. The molecule has 1 aromatic carbocycles. The van der Waals surface area contributed by atoms with Crippen molar-refractivity contribution in [2.24, 2.45) is 0 Å². The maximum absolute atomic E-state index is 12.2. The van der Waals surface area contributed by atoms with Gasteiger partial charge in [-0.05, 0) is 45.6 Å². The second-order valence-corrected chi connectivity index (χ2v) is 7.61. The highest BCUT2D eigenvalue weighted by Crippen LogP contribution is 2.22. The van der Waals surface area contributed by atoms with Crippen molar-refractivity contribution in [3.63, 3.8) is 0 Å². The number of aryl methyl sites for hydroxylation is 3. The third kappa shape index (κ3) is 4.95. The summed E-state index contributed by atoms with van der Waals surface area (Å²) in [5, 5.41) is 8.13. The van der Waals surface area contributed by atoms with E-state index >= 15 is 0 Å². The van der Waals surface area contributed by atoms with E-state index in [1.807, 2.05) is 23.4 Å². The van der Waals surface area contributed by atoms with E-state index in [0.29, 0.717) is 6.04 Å². The van der Waals surface area contributed by atoms with Crippen LogP contribution in [0.3, 0.4) is 0 Å². The minimum Gasteiger partial charge on any atom is -0.338 e. The number of hydrogen-bond donors (Lipinski definition) is 1. The third-order valence-corrected chi connectivity index (χ3v) is 5.40. The van der Waals surface area contributed by atoms with Crippen molar-refractivity contribution in [1.29, 1.82) is 0 Å². The molecule has 1 N–H and O–H groups in total. The molecule has 3 rings (SSSR count). The van der Waals surface area contributed by atoms with Gasteiger partial charge in [0.25, 0.3) is 0 Å². The molecule has 0 aliphatic carbocycles. The Bertz CT molecular complexity index is 785. The van der Waals surface area contributed by atoms with Crippen molar-refractivity contribution in [3.05, 3.63) is 47.0 Å². The largest absolute Gasteiger partial charge is 0.338 e. The van der Waals surface area contributed by atoms with Crippen LogP contribution in [0.4, 0.5) is 0 Å². The first kappa shape index (κ1) is 19.5. The van der Waals surface area contributed by atoms with Gasteiger partial charge in [0, 0.05) is 26.1 Å². The Balaban J connectivity index is 1.68. The van der Waals surface area contributed by atoms with E-state index in [4.69, 9.17) is 0 Å². The maximum atomic E-state index is 12.2. The molecule has 1 aliphatic rings. The molecule has 2 heterocycles. The second-order valence-electron chi connectivity index (χ2n) is 7.61. The molecule has 6 heteroatoms. The molecule has 2 atom stereocenters. The quantitative estimate of drug-likeness (QED) is 0.849. The minimum atomic E-state index is 0.168. The number of nitrogens with zero attached hydrogens (tertiary/aromatic N) is 4. The Kier molecular flexibility index (Phi) is 6.26. The van der Waals surface area contributed by atoms with Crippen LogP contribution >= 0.6 is 0 Å². The van der Waals surface area contributed by atoms with Crippen molar-refractivity contribution < 1.29 is 4.79 Å². The van der Waals surface area contributed by atoms with Gasteiger partial charge in [-0.3, -0.25) is 4.79 Å². The Labute approximate surface area is 162 Å². The van der Waals surface area contributed by atoms with Crippen LogP contribution < -0.4 is 5.32 Å². The zero-order valence-corrected chi connectivity index (χ0v) is 16.9. The number of piperidine rings is 1. The van der Waals surface area contributed by atoms with Crippen molar-refractivity contribution in [2.75, 3.05) is 13.1 Å².